The molecule has 7 heteroatoms. The molecule has 26 heavy (non-hydrogen) atoms. The van der Waals surface area contributed by atoms with Gasteiger partial charge in [-0.15, -0.1) is 10.2 Å². The Morgan fingerprint density at radius 2 is 1.73 bits per heavy atom. The van der Waals surface area contributed by atoms with Crippen molar-refractivity contribution in [2.24, 2.45) is 0 Å². The predicted octanol–water partition coefficient (Wildman–Crippen LogP) is 4.37. The van der Waals surface area contributed by atoms with Gasteiger partial charge in [-0.1, -0.05) is 12.1 Å². The van der Waals surface area contributed by atoms with E-state index in [4.69, 9.17) is 0 Å². The predicted molar refractivity (Wildman–Crippen MR) is 95.5 cm³/mol. The van der Waals surface area contributed by atoms with Gasteiger partial charge in [0, 0.05) is 11.8 Å². The lowest BCUT2D eigenvalue weighted by atomic mass is 10.1. The number of hydrogen-bond donors (Lipinski definition) is 2. The lowest BCUT2D eigenvalue weighted by Crippen LogP contribution is -2.15. The Bertz CT molecular complexity index is 958. The zero-order chi connectivity index (χ0) is 18.7. The molecule has 3 aromatic rings. The van der Waals surface area contributed by atoms with Crippen LogP contribution in [-0.4, -0.2) is 16.1 Å². The molecule has 1 aromatic heterocycles. The number of halogens is 2. The molecule has 0 fully saturated rings. The van der Waals surface area contributed by atoms with Crippen LogP contribution in [0.3, 0.4) is 0 Å². The third-order valence-electron chi connectivity index (χ3n) is 3.73. The largest absolute Gasteiger partial charge is 0.339 e. The fourth-order valence-electron chi connectivity index (χ4n) is 2.31. The maximum atomic E-state index is 13.6. The fraction of sp³-hybridized carbons (Fsp3) is 0.105. The summed E-state index contributed by atoms with van der Waals surface area (Å²) >= 11 is 0. The molecule has 0 saturated heterocycles. The first-order valence-corrected chi connectivity index (χ1v) is 7.87. The van der Waals surface area contributed by atoms with Crippen LogP contribution in [0.25, 0.3) is 0 Å². The monoisotopic (exact) mass is 354 g/mol. The number of aromatic nitrogens is 2. The normalized spacial score (nSPS) is 10.5. The molecule has 0 radical (unpaired) electrons. The molecule has 0 atom stereocenters. The Balaban J connectivity index is 1.72. The highest BCUT2D eigenvalue weighted by molar-refractivity contribution is 6.02. The van der Waals surface area contributed by atoms with E-state index in [1.807, 2.05) is 32.0 Å². The van der Waals surface area contributed by atoms with Gasteiger partial charge < -0.3 is 10.6 Å². The minimum atomic E-state index is -0.862. The van der Waals surface area contributed by atoms with Crippen LogP contribution in [0.4, 0.5) is 26.0 Å². The number of nitrogens with zero attached hydrogens (tertiary/aromatic N) is 2. The Kier molecular flexibility index (Phi) is 4.88. The Morgan fingerprint density at radius 3 is 2.42 bits per heavy atom. The van der Waals surface area contributed by atoms with Crippen molar-refractivity contribution in [3.05, 3.63) is 77.0 Å². The quantitative estimate of drug-likeness (QED) is 0.730. The number of carbonyl (C=O) groups excluding carboxylic acids is 1. The molecule has 1 amide bonds. The zero-order valence-electron chi connectivity index (χ0n) is 14.2. The maximum absolute atomic E-state index is 13.6. The highest BCUT2D eigenvalue weighted by Gasteiger charge is 2.12. The first kappa shape index (κ1) is 17.5. The number of benzene rings is 2. The lowest BCUT2D eigenvalue weighted by molar-refractivity contribution is 0.102. The van der Waals surface area contributed by atoms with Crippen LogP contribution in [-0.2, 0) is 0 Å². The molecule has 0 spiro atoms. The van der Waals surface area contributed by atoms with E-state index >= 15 is 0 Å². The lowest BCUT2D eigenvalue weighted by Gasteiger charge is -2.10. The summed E-state index contributed by atoms with van der Waals surface area (Å²) < 4.78 is 26.5. The molecule has 1 heterocycles. The number of anilines is 3. The third-order valence-corrected chi connectivity index (χ3v) is 3.73. The van der Waals surface area contributed by atoms with Gasteiger partial charge in [-0.2, -0.15) is 0 Å². The van der Waals surface area contributed by atoms with Crippen molar-refractivity contribution in [2.45, 2.75) is 13.8 Å². The first-order valence-electron chi connectivity index (χ1n) is 7.87. The van der Waals surface area contributed by atoms with E-state index in [1.54, 1.807) is 6.07 Å². The second-order valence-corrected chi connectivity index (χ2v) is 5.83. The van der Waals surface area contributed by atoms with E-state index < -0.39 is 17.5 Å². The summed E-state index contributed by atoms with van der Waals surface area (Å²) in [4.78, 5) is 12.1. The molecule has 0 unspecified atom stereocenters. The zero-order valence-corrected chi connectivity index (χ0v) is 14.2. The molecule has 132 valence electrons. The first-order chi connectivity index (χ1) is 12.4. The molecule has 0 saturated carbocycles. The van der Waals surface area contributed by atoms with Crippen LogP contribution in [0, 0.1) is 25.5 Å². The van der Waals surface area contributed by atoms with E-state index in [2.05, 4.69) is 20.8 Å². The molecule has 0 bridgehead atoms. The molecule has 5 nitrogen and oxygen atoms in total. The molecule has 2 aromatic carbocycles. The topological polar surface area (TPSA) is 66.9 Å². The van der Waals surface area contributed by atoms with Gasteiger partial charge in [0.25, 0.3) is 5.91 Å². The second-order valence-electron chi connectivity index (χ2n) is 5.83. The minimum Gasteiger partial charge on any atom is -0.339 e. The molecular weight excluding hydrogens is 338 g/mol. The van der Waals surface area contributed by atoms with Gasteiger partial charge in [-0.05, 0) is 55.3 Å². The van der Waals surface area contributed by atoms with Crippen LogP contribution in [0.2, 0.25) is 0 Å². The Morgan fingerprint density at radius 1 is 0.923 bits per heavy atom. The van der Waals surface area contributed by atoms with Crippen molar-refractivity contribution in [1.82, 2.24) is 10.2 Å². The fourth-order valence-corrected chi connectivity index (χ4v) is 2.31. The summed E-state index contributed by atoms with van der Waals surface area (Å²) in [7, 11) is 0. The minimum absolute atomic E-state index is 0.0141. The summed E-state index contributed by atoms with van der Waals surface area (Å²) in [6.07, 6.45) is 0. The molecule has 0 aliphatic rings. The summed E-state index contributed by atoms with van der Waals surface area (Å²) in [6.45, 7) is 3.95. The summed E-state index contributed by atoms with van der Waals surface area (Å²) in [5, 5.41) is 13.3. The van der Waals surface area contributed by atoms with Crippen LogP contribution in [0.5, 0.6) is 0 Å². The summed E-state index contributed by atoms with van der Waals surface area (Å²) in [5.41, 5.74) is 2.93. The van der Waals surface area contributed by atoms with Crippen LogP contribution in [0.15, 0.2) is 48.5 Å². The second kappa shape index (κ2) is 7.26. The van der Waals surface area contributed by atoms with Crippen molar-refractivity contribution in [3.8, 4) is 0 Å². The van der Waals surface area contributed by atoms with Gasteiger partial charge in [0.05, 0.1) is 5.69 Å². The highest BCUT2D eigenvalue weighted by Crippen LogP contribution is 2.20. The Hall–Kier alpha value is -3.35. The van der Waals surface area contributed by atoms with Crippen molar-refractivity contribution < 1.29 is 13.6 Å². The van der Waals surface area contributed by atoms with E-state index in [0.717, 1.165) is 28.9 Å². The van der Waals surface area contributed by atoms with Crippen LogP contribution < -0.4 is 10.6 Å². The van der Waals surface area contributed by atoms with E-state index in [9.17, 15) is 13.6 Å². The number of rotatable bonds is 4. The van der Waals surface area contributed by atoms with Crippen molar-refractivity contribution in [1.29, 1.82) is 0 Å². The number of nitrogens with one attached hydrogen (secondary N) is 2. The maximum Gasteiger partial charge on any atom is 0.276 e. The highest BCUT2D eigenvalue weighted by atomic mass is 19.1. The van der Waals surface area contributed by atoms with Crippen molar-refractivity contribution in [2.75, 3.05) is 10.6 Å². The van der Waals surface area contributed by atoms with E-state index in [0.29, 0.717) is 11.9 Å². The van der Waals surface area contributed by atoms with Gasteiger partial charge in [0.15, 0.2) is 11.5 Å². The van der Waals surface area contributed by atoms with Gasteiger partial charge in [-0.3, -0.25) is 4.79 Å². The summed E-state index contributed by atoms with van der Waals surface area (Å²) in [5.74, 6) is -1.74. The Labute approximate surface area is 149 Å². The SMILES string of the molecule is Cc1ccc(C)c(Nc2ccc(C(=O)Nc3ccc(F)cc3F)nn2)c1. The van der Waals surface area contributed by atoms with Crippen LogP contribution >= 0.6 is 0 Å². The molecule has 2 N–H and O–H groups in total. The van der Waals surface area contributed by atoms with Gasteiger partial charge in [0.2, 0.25) is 0 Å². The molecule has 3 rings (SSSR count). The van der Waals surface area contributed by atoms with Crippen molar-refractivity contribution >= 4 is 23.1 Å². The number of aryl methyl sites for hydroxylation is 2. The van der Waals surface area contributed by atoms with Crippen LogP contribution in [0.1, 0.15) is 21.6 Å². The number of hydrogen-bond acceptors (Lipinski definition) is 4. The van der Waals surface area contributed by atoms with E-state index in [-0.39, 0.29) is 11.4 Å². The summed E-state index contributed by atoms with van der Waals surface area (Å²) in [6, 6.07) is 11.9. The number of carbonyl (C=O) groups is 1. The van der Waals surface area contributed by atoms with E-state index in [1.165, 1.54) is 6.07 Å². The average Bonchev–Trinajstić information content (AvgIpc) is 2.61. The molecule has 0 aliphatic carbocycles. The van der Waals surface area contributed by atoms with Crippen molar-refractivity contribution in [3.63, 3.8) is 0 Å². The van der Waals surface area contributed by atoms with Gasteiger partial charge in [-0.25, -0.2) is 8.78 Å². The smallest absolute Gasteiger partial charge is 0.276 e. The molecular formula is C19H16F2N4O. The average molecular weight is 354 g/mol. The van der Waals surface area contributed by atoms with Gasteiger partial charge >= 0.3 is 0 Å². The molecule has 0 aliphatic heterocycles. The third kappa shape index (κ3) is 4.00. The number of amides is 1. The standard InChI is InChI=1S/C19H16F2N4O/c1-11-3-4-12(2)17(9-11)22-18-8-7-16(24-25-18)19(26)23-15-6-5-13(20)10-14(15)21/h3-10H,1-2H3,(H,22,25)(H,23,26). The van der Waals surface area contributed by atoms with Gasteiger partial charge in [0.1, 0.15) is 11.6 Å².